The third-order valence-corrected chi connectivity index (χ3v) is 32.6. The molecule has 4 aromatic heterocycles. The molecule has 4 aliphatic carbocycles. The molecule has 10 fully saturated rings. The number of ketones is 2. The van der Waals surface area contributed by atoms with Crippen molar-refractivity contribution < 1.29 is 74.0 Å². The zero-order valence-electron chi connectivity index (χ0n) is 69.5. The highest BCUT2D eigenvalue weighted by atomic mass is 35.5. The van der Waals surface area contributed by atoms with Gasteiger partial charge in [-0.15, -0.1) is 35.8 Å². The van der Waals surface area contributed by atoms with Crippen LogP contribution in [0.3, 0.4) is 0 Å². The zero-order chi connectivity index (χ0) is 85.0. The van der Waals surface area contributed by atoms with Crippen molar-refractivity contribution in [3.05, 3.63) is 93.9 Å². The first-order chi connectivity index (χ1) is 57.5. The Labute approximate surface area is 720 Å². The summed E-state index contributed by atoms with van der Waals surface area (Å²) in [5, 5.41) is 9.70. The lowest BCUT2D eigenvalue weighted by Crippen LogP contribution is -2.64. The Morgan fingerprint density at radius 1 is 0.600 bits per heavy atom. The van der Waals surface area contributed by atoms with Crippen LogP contribution in [0.25, 0.3) is 43.2 Å². The van der Waals surface area contributed by atoms with Crippen molar-refractivity contribution in [2.75, 3.05) is 85.5 Å². The number of Topliss-reactive ketones (excluding diaryl/α,β-unsaturated/α-hetero) is 2. The fraction of sp³-hybridized carbons (Fsp3) is 0.609. The molecule has 6 aliphatic heterocycles. The van der Waals surface area contributed by atoms with Crippen LogP contribution in [0.4, 0.5) is 0 Å². The van der Waals surface area contributed by atoms with E-state index in [1.807, 2.05) is 61.0 Å². The van der Waals surface area contributed by atoms with Crippen LogP contribution in [0.15, 0.2) is 72.5 Å². The van der Waals surface area contributed by atoms with Crippen LogP contribution in [0.1, 0.15) is 169 Å². The third kappa shape index (κ3) is 18.2. The van der Waals surface area contributed by atoms with Crippen molar-refractivity contribution in [1.82, 2.24) is 54.3 Å². The number of amides is 4. The van der Waals surface area contributed by atoms with Crippen LogP contribution in [0, 0.1) is 40.4 Å². The summed E-state index contributed by atoms with van der Waals surface area (Å²) in [6, 6.07) is 7.94. The molecule has 648 valence electrons. The van der Waals surface area contributed by atoms with Crippen LogP contribution in [-0.4, -0.2) is 230 Å². The van der Waals surface area contributed by atoms with E-state index in [1.54, 1.807) is 22.0 Å². The van der Waals surface area contributed by atoms with E-state index in [1.165, 1.54) is 22.7 Å². The fourth-order valence-electron chi connectivity index (χ4n) is 18.0. The van der Waals surface area contributed by atoms with Crippen molar-refractivity contribution in [1.29, 1.82) is 0 Å². The molecule has 0 bridgehead atoms. The second-order valence-electron chi connectivity index (χ2n) is 35.0. The first kappa shape index (κ1) is 87.6. The number of thiazole rings is 2. The number of carbonyl (C=O) groups is 6. The van der Waals surface area contributed by atoms with E-state index in [0.717, 1.165) is 63.5 Å². The van der Waals surface area contributed by atoms with Gasteiger partial charge in [-0.25, -0.2) is 36.8 Å². The Morgan fingerprint density at radius 3 is 1.43 bits per heavy atom. The van der Waals surface area contributed by atoms with E-state index in [-0.39, 0.29) is 90.5 Å². The van der Waals surface area contributed by atoms with Gasteiger partial charge in [0.05, 0.1) is 100 Å². The number of ether oxygens (including phenoxy) is 6. The predicted octanol–water partition coefficient (Wildman–Crippen LogP) is 12.1. The van der Waals surface area contributed by atoms with Crippen LogP contribution in [0.2, 0.25) is 10.0 Å². The van der Waals surface area contributed by atoms with E-state index in [9.17, 15) is 45.6 Å². The number of fused-ring (bicyclic) bond motifs is 4. The minimum Gasteiger partial charge on any atom is -0.491 e. The van der Waals surface area contributed by atoms with E-state index < -0.39 is 95.6 Å². The Balaban J connectivity index is 0.000000187. The van der Waals surface area contributed by atoms with E-state index >= 15 is 0 Å². The number of piperazine rings is 1. The van der Waals surface area contributed by atoms with Gasteiger partial charge < -0.3 is 43.5 Å². The lowest BCUT2D eigenvalue weighted by atomic mass is 9.81. The molecule has 2 aromatic carbocycles. The number of benzene rings is 2. The number of nitrogens with one attached hydrogen (secondary N) is 3. The topological polar surface area (TPSA) is 327 Å². The number of sulfonamides is 2. The normalized spacial score (nSPS) is 27.5. The standard InChI is InChI=1S/C44H56ClN5O8S2.C43H55ClN6O8S2/c1-6-26(5)29-10-12-33-38(21-34(50(33)42(29)52)35(51)23-44(22-27(44)7-2)43(53)48-60(54,55)28-8-9-28)58-37-20-31(41-47-32(24-59-41)25(3)4)46-40-30(37)11-13-36(39(40)45)57-19-16-49-14-17-56-18-15-49;1-6-25(5)38-41(52)50-31(33(51)21-43(20-26(43)7-2)42(53)48-60(54,55)27-8-9-27)19-36(32(50)22-45-38)58-35-18-29(40-47-30(23-59-40)24(3)4)46-39-28(35)10-11-34(37(39)44)57-17-14-49-12-15-56-16-13-49/h7,11,13,20,24-29,33-34,38H,2,6,8-10,12,14-19,21-23H2,1,3-5H3,(H,48,53);7,10-11,18,23-27,31-32,36,38,45H,2,6,8-9,12-17,19-22H2,1,3-5H3,(H,48,53)/t26-,27+,29+,33+,34-,38+,44+;25-,26+,31-,32+,36+,38+,43+/m00/s1. The summed E-state index contributed by atoms with van der Waals surface area (Å²) < 4.78 is 93.3. The molecule has 0 unspecified atom stereocenters. The summed E-state index contributed by atoms with van der Waals surface area (Å²) in [6.07, 6.45) is 7.48. The van der Waals surface area contributed by atoms with E-state index in [0.29, 0.717) is 174 Å². The van der Waals surface area contributed by atoms with Crippen molar-refractivity contribution in [2.24, 2.45) is 40.4 Å². The number of morpholine rings is 2. The molecule has 10 heterocycles. The predicted molar refractivity (Wildman–Crippen MR) is 461 cm³/mol. The molecule has 16 rings (SSSR count). The number of rotatable bonds is 34. The first-order valence-corrected chi connectivity index (χ1v) is 48.3. The molecule has 27 nitrogen and oxygen atoms in total. The van der Waals surface area contributed by atoms with Crippen LogP contribution >= 0.6 is 45.9 Å². The van der Waals surface area contributed by atoms with E-state index in [4.69, 9.17) is 71.6 Å². The summed E-state index contributed by atoms with van der Waals surface area (Å²) in [4.78, 5) is 113. The van der Waals surface area contributed by atoms with Gasteiger partial charge in [0, 0.05) is 111 Å². The number of hydrogen-bond donors (Lipinski definition) is 3. The van der Waals surface area contributed by atoms with Gasteiger partial charge >= 0.3 is 0 Å². The Bertz CT molecular complexity index is 4830. The van der Waals surface area contributed by atoms with Gasteiger partial charge in [-0.05, 0) is 111 Å². The minimum absolute atomic E-state index is 0.000603. The molecule has 6 saturated heterocycles. The number of carbonyl (C=O) groups excluding carboxylic acids is 6. The zero-order valence-corrected chi connectivity index (χ0v) is 74.3. The van der Waals surface area contributed by atoms with Gasteiger partial charge in [-0.3, -0.25) is 48.0 Å². The molecule has 3 N–H and O–H groups in total. The van der Waals surface area contributed by atoms with Gasteiger partial charge in [0.2, 0.25) is 43.7 Å². The van der Waals surface area contributed by atoms with Crippen molar-refractivity contribution in [2.45, 2.75) is 210 Å². The maximum absolute atomic E-state index is 14.6. The molecule has 33 heteroatoms. The van der Waals surface area contributed by atoms with Crippen molar-refractivity contribution >= 4 is 123 Å². The number of nitrogens with zero attached hydrogens (tertiary/aromatic N) is 8. The van der Waals surface area contributed by atoms with Crippen LogP contribution in [0.5, 0.6) is 23.0 Å². The quantitative estimate of drug-likeness (QED) is 0.0316. The van der Waals surface area contributed by atoms with Gasteiger partial charge in [0.1, 0.15) is 79.9 Å². The summed E-state index contributed by atoms with van der Waals surface area (Å²) in [5.41, 5.74) is 1.52. The number of halogens is 2. The van der Waals surface area contributed by atoms with Gasteiger partial charge in [-0.1, -0.05) is 104 Å². The molecule has 120 heavy (non-hydrogen) atoms. The smallest absolute Gasteiger partial charge is 0.241 e. The molecule has 14 atom stereocenters. The SMILES string of the molecule is C=C[C@@H]1C[C@]1(CC(=O)[C@@H]1C[C@@H](Oc2cc(-c3nc(C(C)C)cs3)nc3c(Cl)c(OCCN4CCOCC4)ccc23)[C@H]2CC[C@H]([C@@H](C)CC)C(=O)N21)C(=O)NS(=O)(=O)C1CC1.C=C[C@@H]1C[C@]1(CC(=O)[C@@H]1C[C@@H](Oc2cc(-c3nc(C(C)C)cs3)nc3c(Cl)c(OCCN4CCOCC4)ccc23)[C@H]2CN[C@H]([C@@H](C)CC)C(=O)N21)C(=O)NS(=O)(=O)C1CC1. The lowest BCUT2D eigenvalue weighted by Gasteiger charge is -2.41. The average Bonchev–Trinajstić information content (AvgIpc) is 1.57. The molecular weight excluding hydrogens is 1650 g/mol. The number of pyridine rings is 2. The maximum Gasteiger partial charge on any atom is 0.241 e. The van der Waals surface area contributed by atoms with Crippen LogP contribution in [-0.2, 0) is 58.3 Å². The molecular formula is C87H111Cl2N11O16S4. The first-order valence-electron chi connectivity index (χ1n) is 42.7. The molecule has 4 amide bonds. The van der Waals surface area contributed by atoms with E-state index in [2.05, 4.69) is 79.3 Å². The second kappa shape index (κ2) is 36.1. The number of hydrogen-bond acceptors (Lipinski definition) is 25. The second-order valence-corrected chi connectivity index (χ2v) is 41.3. The number of allylic oxidation sites excluding steroid dienone is 2. The molecule has 6 aromatic rings. The summed E-state index contributed by atoms with van der Waals surface area (Å²) in [6.45, 7) is 33.1. The monoisotopic (exact) mass is 1760 g/mol. The highest BCUT2D eigenvalue weighted by Crippen LogP contribution is 2.59. The Kier molecular flexibility index (Phi) is 26.4. The summed E-state index contributed by atoms with van der Waals surface area (Å²) in [5.74, 6) is -0.676. The van der Waals surface area contributed by atoms with Crippen molar-refractivity contribution in [3.63, 3.8) is 0 Å². The summed E-state index contributed by atoms with van der Waals surface area (Å²) >= 11 is 17.2. The van der Waals surface area contributed by atoms with Crippen molar-refractivity contribution in [3.8, 4) is 44.4 Å². The maximum atomic E-state index is 14.6. The van der Waals surface area contributed by atoms with Crippen LogP contribution < -0.4 is 33.7 Å². The highest BCUT2D eigenvalue weighted by Gasteiger charge is 2.65. The van der Waals surface area contributed by atoms with Gasteiger partial charge in [0.25, 0.3) is 0 Å². The highest BCUT2D eigenvalue weighted by molar-refractivity contribution is 7.91. The number of aromatic nitrogens is 4. The number of piperidine rings is 1. The lowest BCUT2D eigenvalue weighted by molar-refractivity contribution is -0.149. The molecule has 10 aliphatic rings. The Morgan fingerprint density at radius 2 is 1.03 bits per heavy atom. The average molecular weight is 1770 g/mol. The molecule has 0 radical (unpaired) electrons. The molecule has 4 saturated carbocycles. The van der Waals surface area contributed by atoms with Gasteiger partial charge in [0.15, 0.2) is 11.6 Å². The Hall–Kier alpha value is -7.30. The largest absolute Gasteiger partial charge is 0.491 e. The summed E-state index contributed by atoms with van der Waals surface area (Å²) in [7, 11) is -7.67. The third-order valence-electron chi connectivity index (χ3n) is 26.4. The minimum atomic E-state index is -3.84. The van der Waals surface area contributed by atoms with Gasteiger partial charge in [-0.2, -0.15) is 0 Å². The molecule has 0 spiro atoms. The fourth-order valence-corrected chi connectivity index (χ4v) is 23.2.